The minimum absolute atomic E-state index is 0.240. The molecule has 0 amide bonds. The van der Waals surface area contributed by atoms with Crippen molar-refractivity contribution in [1.82, 2.24) is 4.98 Å². The molecule has 0 atom stereocenters. The molecule has 1 aromatic rings. The van der Waals surface area contributed by atoms with Gasteiger partial charge in [-0.25, -0.2) is 0 Å². The van der Waals surface area contributed by atoms with Crippen LogP contribution in [-0.4, -0.2) is 16.5 Å². The van der Waals surface area contributed by atoms with Gasteiger partial charge in [0.1, 0.15) is 0 Å². The average molecular weight is 202 g/mol. The number of halogens is 1. The molecule has 70 valence electrons. The van der Waals surface area contributed by atoms with Crippen molar-refractivity contribution in [2.75, 3.05) is 6.54 Å². The van der Waals surface area contributed by atoms with Crippen LogP contribution in [0.4, 0.5) is 5.82 Å². The van der Waals surface area contributed by atoms with Gasteiger partial charge in [0.2, 0.25) is 0 Å². The van der Waals surface area contributed by atoms with Crippen molar-refractivity contribution in [3.05, 3.63) is 33.0 Å². The van der Waals surface area contributed by atoms with E-state index in [0.29, 0.717) is 23.7 Å². The van der Waals surface area contributed by atoms with E-state index in [1.165, 1.54) is 6.07 Å². The Morgan fingerprint density at radius 3 is 2.85 bits per heavy atom. The zero-order chi connectivity index (χ0) is 9.84. The van der Waals surface area contributed by atoms with Gasteiger partial charge in [0.15, 0.2) is 5.69 Å². The van der Waals surface area contributed by atoms with E-state index in [2.05, 4.69) is 4.98 Å². The molecule has 6 heteroatoms. The number of hydrogen-bond donors (Lipinski definition) is 1. The minimum Gasteiger partial charge on any atom is -0.358 e. The zero-order valence-electron chi connectivity index (χ0n) is 6.74. The number of nitro groups is 1. The Balaban J connectivity index is 3.03. The molecule has 0 unspecified atom stereocenters. The quantitative estimate of drug-likeness (QED) is 0.587. The smallest absolute Gasteiger partial charge is 0.358 e. The zero-order valence-corrected chi connectivity index (χ0v) is 7.49. The molecule has 0 aliphatic rings. The highest BCUT2D eigenvalue weighted by atomic mass is 35.5. The number of rotatable bonds is 3. The van der Waals surface area contributed by atoms with Gasteiger partial charge in [-0.1, -0.05) is 11.6 Å². The largest absolute Gasteiger partial charge is 0.365 e. The molecule has 2 N–H and O–H groups in total. The van der Waals surface area contributed by atoms with Crippen LogP contribution in [0.25, 0.3) is 0 Å². The van der Waals surface area contributed by atoms with E-state index in [1.54, 1.807) is 6.07 Å². The lowest BCUT2D eigenvalue weighted by atomic mass is 10.3. The molecule has 5 nitrogen and oxygen atoms in total. The third-order valence-electron chi connectivity index (χ3n) is 1.42. The standard InChI is InChI=1S/C7H8ClN3O2/c8-5-3-6(1-2-9)10-7(4-5)11(12)13/h3-4H,1-2,9H2. The summed E-state index contributed by atoms with van der Waals surface area (Å²) in [4.78, 5) is 13.5. The van der Waals surface area contributed by atoms with E-state index in [1.807, 2.05) is 0 Å². The second-order valence-corrected chi connectivity index (χ2v) is 2.87. The Labute approximate surface area is 79.7 Å². The van der Waals surface area contributed by atoms with Gasteiger partial charge < -0.3 is 15.8 Å². The van der Waals surface area contributed by atoms with Crippen LogP contribution in [0.1, 0.15) is 5.69 Å². The van der Waals surface area contributed by atoms with E-state index < -0.39 is 4.92 Å². The molecule has 1 heterocycles. The highest BCUT2D eigenvalue weighted by Crippen LogP contribution is 2.16. The van der Waals surface area contributed by atoms with Crippen LogP contribution in [0.2, 0.25) is 5.02 Å². The van der Waals surface area contributed by atoms with Gasteiger partial charge in [-0.05, 0) is 9.91 Å². The maximum absolute atomic E-state index is 10.4. The van der Waals surface area contributed by atoms with Crippen molar-refractivity contribution in [2.45, 2.75) is 6.42 Å². The van der Waals surface area contributed by atoms with Gasteiger partial charge in [0.05, 0.1) is 11.1 Å². The Bertz CT molecular complexity index is 330. The second-order valence-electron chi connectivity index (χ2n) is 2.43. The van der Waals surface area contributed by atoms with Gasteiger partial charge in [0.25, 0.3) is 0 Å². The number of nitrogens with two attached hydrogens (primary N) is 1. The number of aromatic nitrogens is 1. The Morgan fingerprint density at radius 2 is 2.31 bits per heavy atom. The van der Waals surface area contributed by atoms with Crippen molar-refractivity contribution < 1.29 is 4.92 Å². The van der Waals surface area contributed by atoms with E-state index >= 15 is 0 Å². The summed E-state index contributed by atoms with van der Waals surface area (Å²) >= 11 is 5.64. The molecule has 0 bridgehead atoms. The van der Waals surface area contributed by atoms with Gasteiger partial charge in [-0.3, -0.25) is 0 Å². The van der Waals surface area contributed by atoms with Crippen LogP contribution >= 0.6 is 11.6 Å². The first kappa shape index (κ1) is 9.88. The summed E-state index contributed by atoms with van der Waals surface area (Å²) in [6.45, 7) is 0.393. The van der Waals surface area contributed by atoms with Crippen molar-refractivity contribution in [2.24, 2.45) is 5.73 Å². The van der Waals surface area contributed by atoms with Crippen molar-refractivity contribution in [3.63, 3.8) is 0 Å². The Kier molecular flexibility index (Phi) is 3.16. The van der Waals surface area contributed by atoms with Crippen LogP contribution in [0.3, 0.4) is 0 Å². The van der Waals surface area contributed by atoms with Crippen LogP contribution in [0, 0.1) is 10.1 Å². The summed E-state index contributed by atoms with van der Waals surface area (Å²) in [5.74, 6) is -0.240. The number of nitrogens with zero attached hydrogens (tertiary/aromatic N) is 2. The van der Waals surface area contributed by atoms with Gasteiger partial charge in [-0.2, -0.15) is 0 Å². The Morgan fingerprint density at radius 1 is 1.62 bits per heavy atom. The summed E-state index contributed by atoms with van der Waals surface area (Å²) in [7, 11) is 0. The van der Waals surface area contributed by atoms with E-state index in [9.17, 15) is 10.1 Å². The molecule has 0 aromatic carbocycles. The molecule has 0 aliphatic carbocycles. The van der Waals surface area contributed by atoms with Crippen molar-refractivity contribution >= 4 is 17.4 Å². The van der Waals surface area contributed by atoms with E-state index in [4.69, 9.17) is 17.3 Å². The van der Waals surface area contributed by atoms with Crippen molar-refractivity contribution in [3.8, 4) is 0 Å². The first-order valence-corrected chi connectivity index (χ1v) is 4.02. The van der Waals surface area contributed by atoms with Crippen molar-refractivity contribution in [1.29, 1.82) is 0 Å². The first-order valence-electron chi connectivity index (χ1n) is 3.64. The third-order valence-corrected chi connectivity index (χ3v) is 1.64. The molecule has 0 saturated heterocycles. The summed E-state index contributed by atoms with van der Waals surface area (Å²) in [5.41, 5.74) is 5.83. The predicted molar refractivity (Wildman–Crippen MR) is 48.7 cm³/mol. The second kappa shape index (κ2) is 4.15. The topological polar surface area (TPSA) is 82.0 Å². The number of hydrogen-bond acceptors (Lipinski definition) is 4. The molecule has 1 rings (SSSR count). The van der Waals surface area contributed by atoms with Gasteiger partial charge >= 0.3 is 5.82 Å². The average Bonchev–Trinajstić information content (AvgIpc) is 2.03. The molecule has 13 heavy (non-hydrogen) atoms. The fourth-order valence-corrected chi connectivity index (χ4v) is 1.13. The predicted octanol–water partition coefficient (Wildman–Crippen LogP) is 1.14. The van der Waals surface area contributed by atoms with Gasteiger partial charge in [0, 0.05) is 19.0 Å². The third kappa shape index (κ3) is 2.64. The molecule has 0 radical (unpaired) electrons. The fraction of sp³-hybridized carbons (Fsp3) is 0.286. The van der Waals surface area contributed by atoms with Crippen LogP contribution < -0.4 is 5.73 Å². The molecule has 0 saturated carbocycles. The summed E-state index contributed by atoms with van der Waals surface area (Å²) in [5, 5.41) is 10.7. The highest BCUT2D eigenvalue weighted by Gasteiger charge is 2.11. The maximum Gasteiger partial charge on any atom is 0.365 e. The molecule has 0 fully saturated rings. The number of pyridine rings is 1. The molecule has 1 aromatic heterocycles. The van der Waals surface area contributed by atoms with E-state index in [0.717, 1.165) is 0 Å². The van der Waals surface area contributed by atoms with Crippen LogP contribution in [0.15, 0.2) is 12.1 Å². The molecular formula is C7H8ClN3O2. The first-order chi connectivity index (χ1) is 6.13. The van der Waals surface area contributed by atoms with Crippen LogP contribution in [0.5, 0.6) is 0 Å². The lowest BCUT2D eigenvalue weighted by molar-refractivity contribution is -0.389. The highest BCUT2D eigenvalue weighted by molar-refractivity contribution is 6.30. The molecule has 0 spiro atoms. The van der Waals surface area contributed by atoms with Gasteiger partial charge in [-0.15, -0.1) is 0 Å². The lowest BCUT2D eigenvalue weighted by Gasteiger charge is -1.96. The summed E-state index contributed by atoms with van der Waals surface area (Å²) < 4.78 is 0. The SMILES string of the molecule is NCCc1cc(Cl)cc([N+](=O)[O-])n1. The Hall–Kier alpha value is -1.20. The van der Waals surface area contributed by atoms with Crippen LogP contribution in [-0.2, 0) is 6.42 Å². The van der Waals surface area contributed by atoms with E-state index in [-0.39, 0.29) is 5.82 Å². The molecular weight excluding hydrogens is 194 g/mol. The monoisotopic (exact) mass is 201 g/mol. The molecule has 0 aliphatic heterocycles. The fourth-order valence-electron chi connectivity index (χ4n) is 0.905. The minimum atomic E-state index is -0.577. The maximum atomic E-state index is 10.4. The normalized spacial score (nSPS) is 10.0. The summed E-state index contributed by atoms with van der Waals surface area (Å²) in [6.07, 6.45) is 0.488. The lowest BCUT2D eigenvalue weighted by Crippen LogP contribution is -2.05. The summed E-state index contributed by atoms with van der Waals surface area (Å²) in [6, 6.07) is 2.78.